The van der Waals surface area contributed by atoms with Crippen molar-refractivity contribution in [3.63, 3.8) is 0 Å². The SMILES string of the molecule is COc1ccc2cc1Oc1ccc(cc1)CC1c3cc(c(OC)cc3CCN1C)Oc1c(O)c(OC)cc3c1C(C2)[N+](C)(CCCCC(=O)O)CC3. The molecule has 0 saturated heterocycles. The van der Waals surface area contributed by atoms with Gasteiger partial charge >= 0.3 is 5.97 Å². The number of quaternary nitrogens is 1. The number of carboxylic acids is 1. The Morgan fingerprint density at radius 1 is 0.846 bits per heavy atom. The molecule has 2 N–H and O–H groups in total. The molecule has 10 nitrogen and oxygen atoms in total. The van der Waals surface area contributed by atoms with Gasteiger partial charge < -0.3 is 38.4 Å². The topological polar surface area (TPSA) is 107 Å². The van der Waals surface area contributed by atoms with Crippen LogP contribution in [0.1, 0.15) is 64.7 Å². The van der Waals surface area contributed by atoms with Gasteiger partial charge in [0, 0.05) is 31.8 Å². The number of hydrogen-bond acceptors (Lipinski definition) is 8. The second-order valence-corrected chi connectivity index (χ2v) is 14.6. The quantitative estimate of drug-likeness (QED) is 0.141. The molecule has 3 unspecified atom stereocenters. The van der Waals surface area contributed by atoms with Crippen LogP contribution in [0.4, 0.5) is 0 Å². The third-order valence-electron chi connectivity index (χ3n) is 11.4. The Balaban J connectivity index is 1.44. The van der Waals surface area contributed by atoms with Gasteiger partial charge in [-0.05, 0) is 103 Å². The highest BCUT2D eigenvalue weighted by Crippen LogP contribution is 2.53. The molecule has 0 spiro atoms. The van der Waals surface area contributed by atoms with Gasteiger partial charge in [0.2, 0.25) is 5.75 Å². The first-order valence-electron chi connectivity index (χ1n) is 18.1. The molecule has 3 atom stereocenters. The molecule has 8 rings (SSSR count). The minimum atomic E-state index is -0.789. The van der Waals surface area contributed by atoms with E-state index in [1.165, 1.54) is 11.1 Å². The number of nitrogens with zero attached hydrogens (tertiary/aromatic N) is 2. The highest BCUT2D eigenvalue weighted by molar-refractivity contribution is 5.66. The fraction of sp³-hybridized carbons (Fsp3) is 0.405. The standard InChI is InChI=1S/C42H48N2O8/c1-43-17-15-28-23-35(49-4)37-25-31(28)32(43)20-26-9-12-30(13-10-26)51-36-22-27(11-14-34(36)48-3)21-33-40-29(24-38(50-5)41(47)42(40)52-37)16-19-44(33,2)18-7-6-8-39(45)46/h9-14,22-25,32-33H,6-8,15-21H2,1-5H3,(H-,45,46,47)/p+1. The Morgan fingerprint density at radius 3 is 2.29 bits per heavy atom. The third-order valence-corrected chi connectivity index (χ3v) is 11.4. The zero-order valence-electron chi connectivity index (χ0n) is 30.7. The number of aromatic hydroxyl groups is 1. The number of methoxy groups -OCH3 is 3. The van der Waals surface area contributed by atoms with Gasteiger partial charge in [0.25, 0.3) is 0 Å². The van der Waals surface area contributed by atoms with Crippen molar-refractivity contribution in [3.8, 4) is 46.0 Å². The van der Waals surface area contributed by atoms with Gasteiger partial charge in [0.1, 0.15) is 11.8 Å². The van der Waals surface area contributed by atoms with Gasteiger partial charge in [-0.1, -0.05) is 18.2 Å². The lowest BCUT2D eigenvalue weighted by atomic mass is 9.85. The molecule has 0 aromatic heterocycles. The van der Waals surface area contributed by atoms with Crippen LogP contribution in [0.5, 0.6) is 46.0 Å². The van der Waals surface area contributed by atoms with Gasteiger partial charge in [-0.15, -0.1) is 0 Å². The molecule has 0 amide bonds. The summed E-state index contributed by atoms with van der Waals surface area (Å²) < 4.78 is 31.5. The molecule has 0 saturated carbocycles. The van der Waals surface area contributed by atoms with Crippen molar-refractivity contribution in [2.24, 2.45) is 0 Å². The number of unbranched alkanes of at least 4 members (excludes halogenated alkanes) is 1. The predicted molar refractivity (Wildman–Crippen MR) is 198 cm³/mol. The summed E-state index contributed by atoms with van der Waals surface area (Å²) in [5.41, 5.74) is 6.54. The second kappa shape index (κ2) is 14.6. The Labute approximate surface area is 305 Å². The molecular weight excluding hydrogens is 660 g/mol. The van der Waals surface area contributed by atoms with E-state index in [0.29, 0.717) is 51.8 Å². The maximum Gasteiger partial charge on any atom is 0.303 e. The molecular formula is C42H49N2O8+. The number of rotatable bonds is 8. The first-order valence-corrected chi connectivity index (χ1v) is 18.1. The number of phenols is 1. The molecule has 4 aromatic carbocycles. The van der Waals surface area contributed by atoms with Crippen molar-refractivity contribution in [2.45, 2.75) is 57.0 Å². The third kappa shape index (κ3) is 6.85. The van der Waals surface area contributed by atoms with E-state index in [1.807, 2.05) is 30.3 Å². The van der Waals surface area contributed by atoms with Crippen molar-refractivity contribution in [1.82, 2.24) is 4.90 Å². The normalized spacial score (nSPS) is 20.8. The maximum atomic E-state index is 11.9. The number of ether oxygens (including phenoxy) is 5. The Hall–Kier alpha value is -4.93. The lowest BCUT2D eigenvalue weighted by Gasteiger charge is -2.46. The molecule has 10 heteroatoms. The Bertz CT molecular complexity index is 1960. The van der Waals surface area contributed by atoms with Crippen LogP contribution in [0.15, 0.2) is 60.7 Å². The number of fused-ring (bicyclic) bond motifs is 2. The van der Waals surface area contributed by atoms with Crippen LogP contribution < -0.4 is 23.7 Å². The fourth-order valence-corrected chi connectivity index (χ4v) is 8.35. The number of likely N-dealkylation sites (N-methyl/N-ethyl adjacent to an activating group) is 2. The molecule has 6 bridgehead atoms. The van der Waals surface area contributed by atoms with Gasteiger partial charge in [0.15, 0.2) is 34.5 Å². The number of benzene rings is 4. The number of carboxylic acid groups (broad SMARTS) is 1. The minimum Gasteiger partial charge on any atom is -0.502 e. The fourth-order valence-electron chi connectivity index (χ4n) is 8.35. The van der Waals surface area contributed by atoms with Crippen molar-refractivity contribution in [1.29, 1.82) is 0 Å². The van der Waals surface area contributed by atoms with Crippen molar-refractivity contribution in [3.05, 3.63) is 94.0 Å². The summed E-state index contributed by atoms with van der Waals surface area (Å²) in [6, 6.07) is 20.3. The van der Waals surface area contributed by atoms with Crippen LogP contribution in [0.3, 0.4) is 0 Å². The molecule has 4 aromatic rings. The zero-order chi connectivity index (χ0) is 36.6. The zero-order valence-corrected chi connectivity index (χ0v) is 30.7. The molecule has 0 fully saturated rings. The molecule has 0 aliphatic carbocycles. The van der Waals surface area contributed by atoms with Crippen LogP contribution in [0.25, 0.3) is 0 Å². The van der Waals surface area contributed by atoms with E-state index < -0.39 is 5.97 Å². The summed E-state index contributed by atoms with van der Waals surface area (Å²) in [6.07, 6.45) is 4.45. The van der Waals surface area contributed by atoms with Crippen LogP contribution in [-0.4, -0.2) is 80.6 Å². The largest absolute Gasteiger partial charge is 0.502 e. The smallest absolute Gasteiger partial charge is 0.303 e. The summed E-state index contributed by atoms with van der Waals surface area (Å²) in [5.74, 6) is 2.96. The van der Waals surface area contributed by atoms with E-state index in [9.17, 15) is 15.0 Å². The van der Waals surface area contributed by atoms with Crippen LogP contribution >= 0.6 is 0 Å². The highest BCUT2D eigenvalue weighted by Gasteiger charge is 2.43. The summed E-state index contributed by atoms with van der Waals surface area (Å²) in [6.45, 7) is 2.49. The van der Waals surface area contributed by atoms with E-state index in [0.717, 1.165) is 73.3 Å². The Kier molecular flexibility index (Phi) is 9.96. The predicted octanol–water partition coefficient (Wildman–Crippen LogP) is 7.63. The molecule has 4 heterocycles. The molecule has 0 radical (unpaired) electrons. The van der Waals surface area contributed by atoms with E-state index in [-0.39, 0.29) is 24.3 Å². The lowest BCUT2D eigenvalue weighted by Crippen LogP contribution is -2.52. The lowest BCUT2D eigenvalue weighted by molar-refractivity contribution is -0.941. The van der Waals surface area contributed by atoms with Crippen LogP contribution in [0.2, 0.25) is 0 Å². The number of hydrogen-bond donors (Lipinski definition) is 2. The summed E-state index contributed by atoms with van der Waals surface area (Å²) in [5, 5.41) is 21.3. The second-order valence-electron chi connectivity index (χ2n) is 14.6. The highest BCUT2D eigenvalue weighted by atomic mass is 16.5. The van der Waals surface area contributed by atoms with E-state index in [1.54, 1.807) is 21.3 Å². The van der Waals surface area contributed by atoms with Crippen LogP contribution in [0, 0.1) is 0 Å². The minimum absolute atomic E-state index is 0.0632. The van der Waals surface area contributed by atoms with E-state index >= 15 is 0 Å². The molecule has 4 aliphatic heterocycles. The summed E-state index contributed by atoms with van der Waals surface area (Å²) >= 11 is 0. The molecule has 274 valence electrons. The van der Waals surface area contributed by atoms with Gasteiger partial charge in [0.05, 0.1) is 47.0 Å². The molecule has 52 heavy (non-hydrogen) atoms. The number of phenolic OH excluding ortho intramolecular Hbond substituents is 1. The monoisotopic (exact) mass is 709 g/mol. The van der Waals surface area contributed by atoms with Crippen LogP contribution in [-0.2, 0) is 30.5 Å². The summed E-state index contributed by atoms with van der Waals surface area (Å²) in [4.78, 5) is 13.8. The first-order chi connectivity index (χ1) is 25.1. The van der Waals surface area contributed by atoms with Gasteiger partial charge in [-0.3, -0.25) is 9.69 Å². The van der Waals surface area contributed by atoms with Crippen molar-refractivity contribution in [2.75, 3.05) is 55.1 Å². The first kappa shape index (κ1) is 35.5. The average molecular weight is 710 g/mol. The van der Waals surface area contributed by atoms with Crippen molar-refractivity contribution >= 4 is 5.97 Å². The molecule has 4 aliphatic rings. The summed E-state index contributed by atoms with van der Waals surface area (Å²) in [7, 11) is 9.24. The number of aliphatic carboxylic acids is 1. The van der Waals surface area contributed by atoms with E-state index in [2.05, 4.69) is 49.3 Å². The maximum absolute atomic E-state index is 11.9. The van der Waals surface area contributed by atoms with E-state index in [4.69, 9.17) is 23.7 Å². The average Bonchev–Trinajstić information content (AvgIpc) is 3.14. The Morgan fingerprint density at radius 2 is 1.56 bits per heavy atom. The number of carbonyl (C=O) groups is 1. The van der Waals surface area contributed by atoms with Gasteiger partial charge in [-0.25, -0.2) is 0 Å². The van der Waals surface area contributed by atoms with Crippen molar-refractivity contribution < 1.29 is 43.2 Å². The van der Waals surface area contributed by atoms with Gasteiger partial charge in [-0.2, -0.15) is 0 Å².